The van der Waals surface area contributed by atoms with Crippen LogP contribution in [0.2, 0.25) is 5.02 Å². The number of urea groups is 1. The molecule has 0 bridgehead atoms. The molecule has 0 radical (unpaired) electrons. The second-order valence-corrected chi connectivity index (χ2v) is 9.45. The number of carbonyl (C=O) groups is 3. The standard InChI is InChI=1S/C27H20BrClN2O7/c1-2-35-22-10-16(20(28)12-24(22)36-13-15-3-5-17(29)6-4-15)9-19-25(32)30-27(34)31(26(19)33)18-7-8-21-23(11-18)38-14-37-21/h3-12H,2,13-14H2,1H3,(H,30,32,34)/b19-9+. The first-order valence-electron chi connectivity index (χ1n) is 11.5. The van der Waals surface area contributed by atoms with Crippen molar-refractivity contribution >= 4 is 57.1 Å². The number of amides is 4. The number of halogens is 2. The Labute approximate surface area is 231 Å². The lowest BCUT2D eigenvalue weighted by molar-refractivity contribution is -0.122. The number of benzene rings is 3. The van der Waals surface area contributed by atoms with Gasteiger partial charge < -0.3 is 18.9 Å². The molecular weight excluding hydrogens is 580 g/mol. The maximum absolute atomic E-state index is 13.3. The Morgan fingerprint density at radius 1 is 1.00 bits per heavy atom. The van der Waals surface area contributed by atoms with E-state index in [1.54, 1.807) is 30.3 Å². The first kappa shape index (κ1) is 25.6. The maximum atomic E-state index is 13.3. The van der Waals surface area contributed by atoms with Crippen molar-refractivity contribution in [2.45, 2.75) is 13.5 Å². The van der Waals surface area contributed by atoms with E-state index < -0.39 is 17.8 Å². The molecule has 38 heavy (non-hydrogen) atoms. The Bertz CT molecular complexity index is 1470. The summed E-state index contributed by atoms with van der Waals surface area (Å²) in [6.07, 6.45) is 1.39. The Hall–Kier alpha value is -4.02. The third-order valence-electron chi connectivity index (χ3n) is 5.69. The monoisotopic (exact) mass is 598 g/mol. The van der Waals surface area contributed by atoms with Crippen LogP contribution >= 0.6 is 27.5 Å². The Morgan fingerprint density at radius 2 is 1.74 bits per heavy atom. The highest BCUT2D eigenvalue weighted by atomic mass is 79.9. The summed E-state index contributed by atoms with van der Waals surface area (Å²) in [5, 5.41) is 2.84. The third kappa shape index (κ3) is 5.18. The van der Waals surface area contributed by atoms with Crippen molar-refractivity contribution in [2.75, 3.05) is 18.3 Å². The molecule has 0 aromatic heterocycles. The summed E-state index contributed by atoms with van der Waals surface area (Å²) >= 11 is 9.44. The van der Waals surface area contributed by atoms with E-state index >= 15 is 0 Å². The van der Waals surface area contributed by atoms with Crippen molar-refractivity contribution < 1.29 is 33.3 Å². The topological polar surface area (TPSA) is 103 Å². The van der Waals surface area contributed by atoms with Gasteiger partial charge in [-0.05, 0) is 60.5 Å². The lowest BCUT2D eigenvalue weighted by atomic mass is 10.1. The number of fused-ring (bicyclic) bond motifs is 1. The molecule has 9 nitrogen and oxygen atoms in total. The molecule has 0 unspecified atom stereocenters. The largest absolute Gasteiger partial charge is 0.490 e. The maximum Gasteiger partial charge on any atom is 0.335 e. The highest BCUT2D eigenvalue weighted by Gasteiger charge is 2.37. The smallest absolute Gasteiger partial charge is 0.335 e. The van der Waals surface area contributed by atoms with Crippen molar-refractivity contribution in [2.24, 2.45) is 0 Å². The molecule has 0 atom stereocenters. The minimum absolute atomic E-state index is 0.0398. The van der Waals surface area contributed by atoms with Gasteiger partial charge in [-0.1, -0.05) is 39.7 Å². The molecule has 3 aromatic carbocycles. The molecule has 3 aromatic rings. The fourth-order valence-electron chi connectivity index (χ4n) is 3.86. The highest BCUT2D eigenvalue weighted by Crippen LogP contribution is 2.38. The van der Waals surface area contributed by atoms with E-state index in [0.717, 1.165) is 10.5 Å². The van der Waals surface area contributed by atoms with Crippen LogP contribution in [0.4, 0.5) is 10.5 Å². The fraction of sp³-hybridized carbons (Fsp3) is 0.148. The van der Waals surface area contributed by atoms with Crippen molar-refractivity contribution in [1.29, 1.82) is 0 Å². The second kappa shape index (κ2) is 10.8. The van der Waals surface area contributed by atoms with Crippen LogP contribution in [0, 0.1) is 0 Å². The van der Waals surface area contributed by atoms with Gasteiger partial charge in [0.2, 0.25) is 6.79 Å². The van der Waals surface area contributed by atoms with E-state index in [4.69, 9.17) is 30.5 Å². The van der Waals surface area contributed by atoms with Crippen molar-refractivity contribution in [3.8, 4) is 23.0 Å². The first-order chi connectivity index (χ1) is 18.3. The van der Waals surface area contributed by atoms with Crippen LogP contribution in [0.1, 0.15) is 18.1 Å². The second-order valence-electron chi connectivity index (χ2n) is 8.16. The number of hydrogen-bond donors (Lipinski definition) is 1. The number of anilines is 1. The number of ether oxygens (including phenoxy) is 4. The van der Waals surface area contributed by atoms with E-state index in [1.165, 1.54) is 18.2 Å². The molecular formula is C27H20BrClN2O7. The third-order valence-corrected chi connectivity index (χ3v) is 6.63. The molecule has 1 N–H and O–H groups in total. The van der Waals surface area contributed by atoms with Crippen LogP contribution in [-0.4, -0.2) is 31.2 Å². The molecule has 194 valence electrons. The minimum atomic E-state index is -0.865. The SMILES string of the molecule is CCOc1cc(/C=C2\C(=O)NC(=O)N(c3ccc4c(c3)OCO4)C2=O)c(Br)cc1OCc1ccc(Cl)cc1. The number of barbiturate groups is 1. The van der Waals surface area contributed by atoms with E-state index in [0.29, 0.717) is 44.7 Å². The summed E-state index contributed by atoms with van der Waals surface area (Å²) in [5.41, 5.74) is 1.39. The molecule has 5 rings (SSSR count). The van der Waals surface area contributed by atoms with E-state index in [2.05, 4.69) is 21.2 Å². The predicted molar refractivity (Wildman–Crippen MR) is 143 cm³/mol. The molecule has 4 amide bonds. The lowest BCUT2D eigenvalue weighted by Crippen LogP contribution is -2.54. The van der Waals surface area contributed by atoms with E-state index in [-0.39, 0.29) is 24.7 Å². The van der Waals surface area contributed by atoms with Crippen LogP contribution in [-0.2, 0) is 16.2 Å². The molecule has 1 fully saturated rings. The first-order valence-corrected chi connectivity index (χ1v) is 12.7. The van der Waals surface area contributed by atoms with E-state index in [1.807, 2.05) is 19.1 Å². The number of rotatable bonds is 7. The van der Waals surface area contributed by atoms with Gasteiger partial charge in [-0.15, -0.1) is 0 Å². The molecule has 2 aliphatic rings. The van der Waals surface area contributed by atoms with Crippen molar-refractivity contribution in [3.05, 3.63) is 80.8 Å². The fourth-order valence-corrected chi connectivity index (χ4v) is 4.42. The van der Waals surface area contributed by atoms with Gasteiger partial charge >= 0.3 is 6.03 Å². The summed E-state index contributed by atoms with van der Waals surface area (Å²) in [5.74, 6) is 0.173. The van der Waals surface area contributed by atoms with Crippen LogP contribution in [0.5, 0.6) is 23.0 Å². The van der Waals surface area contributed by atoms with Crippen LogP contribution in [0.3, 0.4) is 0 Å². The molecule has 11 heteroatoms. The van der Waals surface area contributed by atoms with Crippen molar-refractivity contribution in [3.63, 3.8) is 0 Å². The number of imide groups is 2. The van der Waals surface area contributed by atoms with Gasteiger partial charge in [-0.3, -0.25) is 14.9 Å². The minimum Gasteiger partial charge on any atom is -0.490 e. The molecule has 1 saturated heterocycles. The van der Waals surface area contributed by atoms with Gasteiger partial charge in [0.25, 0.3) is 11.8 Å². The van der Waals surface area contributed by atoms with Crippen LogP contribution in [0.25, 0.3) is 6.08 Å². The summed E-state index contributed by atoms with van der Waals surface area (Å²) < 4.78 is 22.9. The molecule has 0 saturated carbocycles. The number of carbonyl (C=O) groups excluding carboxylic acids is 3. The van der Waals surface area contributed by atoms with Gasteiger partial charge in [0.1, 0.15) is 12.2 Å². The van der Waals surface area contributed by atoms with Gasteiger partial charge in [0.15, 0.2) is 23.0 Å². The average Bonchev–Trinajstić information content (AvgIpc) is 3.36. The summed E-state index contributed by atoms with van der Waals surface area (Å²) in [6.45, 7) is 2.51. The normalized spacial score (nSPS) is 15.6. The highest BCUT2D eigenvalue weighted by molar-refractivity contribution is 9.10. The summed E-state index contributed by atoms with van der Waals surface area (Å²) in [6, 6.07) is 14.4. The van der Waals surface area contributed by atoms with Gasteiger partial charge in [-0.25, -0.2) is 9.69 Å². The molecule has 0 spiro atoms. The Kier molecular flexibility index (Phi) is 7.26. The van der Waals surface area contributed by atoms with Gasteiger partial charge in [0.05, 0.1) is 12.3 Å². The zero-order valence-electron chi connectivity index (χ0n) is 20.0. The Balaban J connectivity index is 1.45. The number of nitrogens with zero attached hydrogens (tertiary/aromatic N) is 1. The van der Waals surface area contributed by atoms with Gasteiger partial charge in [-0.2, -0.15) is 0 Å². The van der Waals surface area contributed by atoms with Crippen molar-refractivity contribution in [1.82, 2.24) is 5.32 Å². The predicted octanol–water partition coefficient (Wildman–Crippen LogP) is 5.48. The average molecular weight is 600 g/mol. The molecule has 2 heterocycles. The quantitative estimate of drug-likeness (QED) is 0.284. The van der Waals surface area contributed by atoms with Crippen LogP contribution in [0.15, 0.2) is 64.6 Å². The zero-order chi connectivity index (χ0) is 26.8. The number of hydrogen-bond acceptors (Lipinski definition) is 7. The molecule has 0 aliphatic carbocycles. The summed E-state index contributed by atoms with van der Waals surface area (Å²) in [4.78, 5) is 39.5. The molecule has 2 aliphatic heterocycles. The van der Waals surface area contributed by atoms with E-state index in [9.17, 15) is 14.4 Å². The number of nitrogens with one attached hydrogen (secondary N) is 1. The summed E-state index contributed by atoms with van der Waals surface area (Å²) in [7, 11) is 0. The Morgan fingerprint density at radius 3 is 2.50 bits per heavy atom. The van der Waals surface area contributed by atoms with Gasteiger partial charge in [0, 0.05) is 15.6 Å². The zero-order valence-corrected chi connectivity index (χ0v) is 22.3. The lowest BCUT2D eigenvalue weighted by Gasteiger charge is -2.26. The van der Waals surface area contributed by atoms with Crippen LogP contribution < -0.4 is 29.2 Å².